The molecule has 0 fully saturated rings. The van der Waals surface area contributed by atoms with Crippen molar-refractivity contribution in [2.75, 3.05) is 0 Å². The minimum absolute atomic E-state index is 0.651. The van der Waals surface area contributed by atoms with Crippen LogP contribution in [0.3, 0.4) is 0 Å². The Bertz CT molecular complexity index is 3100. The van der Waals surface area contributed by atoms with Crippen LogP contribution in [0.25, 0.3) is 108 Å². The van der Waals surface area contributed by atoms with Crippen LogP contribution < -0.4 is 0 Å². The van der Waals surface area contributed by atoms with Crippen LogP contribution in [-0.2, 0) is 0 Å². The first-order chi connectivity index (χ1) is 26.7. The first-order valence-corrected chi connectivity index (χ1v) is 19.6. The summed E-state index contributed by atoms with van der Waals surface area (Å²) in [7, 11) is 0. The maximum Gasteiger partial charge on any atom is 0.164 e. The third kappa shape index (κ3) is 5.20. The van der Waals surface area contributed by atoms with Gasteiger partial charge in [-0.1, -0.05) is 140 Å². The summed E-state index contributed by atoms with van der Waals surface area (Å²) in [5.41, 5.74) is 7.62. The molecule has 8 aromatic carbocycles. The van der Waals surface area contributed by atoms with E-state index in [1.165, 1.54) is 62.2 Å². The van der Waals surface area contributed by atoms with Crippen molar-refractivity contribution < 1.29 is 0 Å². The predicted octanol–water partition coefficient (Wildman–Crippen LogP) is 14.1. The maximum absolute atomic E-state index is 5.30. The van der Waals surface area contributed by atoms with Crippen molar-refractivity contribution in [3.8, 4) is 56.4 Å². The van der Waals surface area contributed by atoms with Gasteiger partial charge in [0.2, 0.25) is 0 Å². The number of hydrogen-bond acceptors (Lipinski definition) is 5. The molecule has 0 unspecified atom stereocenters. The number of rotatable bonds is 5. The zero-order valence-electron chi connectivity index (χ0n) is 28.9. The van der Waals surface area contributed by atoms with Crippen LogP contribution in [0, 0.1) is 0 Å². The number of aromatic nitrogens is 3. The molecule has 0 aliphatic heterocycles. The highest BCUT2D eigenvalue weighted by Crippen LogP contribution is 2.42. The summed E-state index contributed by atoms with van der Waals surface area (Å²) in [6.45, 7) is 0. The molecular formula is C49H29N3S2. The van der Waals surface area contributed by atoms with Gasteiger partial charge in [-0.25, -0.2) is 15.0 Å². The third-order valence-corrected chi connectivity index (χ3v) is 12.6. The fraction of sp³-hybridized carbons (Fsp3) is 0. The molecule has 0 bridgehead atoms. The van der Waals surface area contributed by atoms with Crippen molar-refractivity contribution in [3.63, 3.8) is 0 Å². The van der Waals surface area contributed by atoms with Crippen molar-refractivity contribution in [2.24, 2.45) is 0 Å². The molecule has 0 radical (unpaired) electrons. The molecule has 0 aliphatic carbocycles. The van der Waals surface area contributed by atoms with Gasteiger partial charge in [0.15, 0.2) is 17.5 Å². The summed E-state index contributed by atoms with van der Waals surface area (Å²) in [6.07, 6.45) is 0. The van der Waals surface area contributed by atoms with E-state index in [4.69, 9.17) is 15.0 Å². The third-order valence-electron chi connectivity index (χ3n) is 10.3. The van der Waals surface area contributed by atoms with E-state index < -0.39 is 0 Å². The van der Waals surface area contributed by atoms with Crippen LogP contribution >= 0.6 is 22.7 Å². The lowest BCUT2D eigenvalue weighted by Gasteiger charge is -2.12. The second-order valence-corrected chi connectivity index (χ2v) is 15.7. The molecule has 0 spiro atoms. The van der Waals surface area contributed by atoms with E-state index in [0.29, 0.717) is 17.5 Å². The lowest BCUT2D eigenvalue weighted by molar-refractivity contribution is 1.08. The highest BCUT2D eigenvalue weighted by molar-refractivity contribution is 7.26. The van der Waals surface area contributed by atoms with Crippen molar-refractivity contribution in [3.05, 3.63) is 176 Å². The van der Waals surface area contributed by atoms with Crippen LogP contribution in [0.1, 0.15) is 0 Å². The van der Waals surface area contributed by atoms with E-state index in [2.05, 4.69) is 176 Å². The number of benzene rings is 8. The first kappa shape index (κ1) is 31.0. The summed E-state index contributed by atoms with van der Waals surface area (Å²) in [5, 5.41) is 7.30. The molecule has 3 heterocycles. The molecule has 0 atom stereocenters. The van der Waals surface area contributed by atoms with Crippen LogP contribution in [0.15, 0.2) is 176 Å². The van der Waals surface area contributed by atoms with E-state index in [0.717, 1.165) is 27.8 Å². The van der Waals surface area contributed by atoms with E-state index >= 15 is 0 Å². The van der Waals surface area contributed by atoms with E-state index in [1.807, 2.05) is 0 Å². The molecule has 3 aromatic heterocycles. The lowest BCUT2D eigenvalue weighted by atomic mass is 9.97. The van der Waals surface area contributed by atoms with Gasteiger partial charge in [0.25, 0.3) is 0 Å². The van der Waals surface area contributed by atoms with E-state index in [9.17, 15) is 0 Å². The zero-order chi connectivity index (χ0) is 35.6. The number of thiophene rings is 2. The van der Waals surface area contributed by atoms with Gasteiger partial charge in [-0.2, -0.15) is 0 Å². The average molecular weight is 724 g/mol. The van der Waals surface area contributed by atoms with Crippen molar-refractivity contribution in [1.82, 2.24) is 15.0 Å². The van der Waals surface area contributed by atoms with Gasteiger partial charge in [0, 0.05) is 57.0 Å². The summed E-state index contributed by atoms with van der Waals surface area (Å²) in [4.78, 5) is 15.8. The number of fused-ring (bicyclic) bond motifs is 7. The Morgan fingerprint density at radius 3 is 1.39 bits per heavy atom. The Hall–Kier alpha value is -6.53. The molecule has 0 saturated carbocycles. The van der Waals surface area contributed by atoms with Crippen molar-refractivity contribution >= 4 is 73.8 Å². The minimum atomic E-state index is 0.651. The van der Waals surface area contributed by atoms with Crippen molar-refractivity contribution in [1.29, 1.82) is 0 Å². The van der Waals surface area contributed by atoms with Gasteiger partial charge in [-0.05, 0) is 69.4 Å². The molecule has 0 saturated heterocycles. The Morgan fingerprint density at radius 1 is 0.296 bits per heavy atom. The van der Waals surface area contributed by atoms with Gasteiger partial charge in [-0.15, -0.1) is 22.7 Å². The van der Waals surface area contributed by atoms with E-state index in [-0.39, 0.29) is 0 Å². The Labute approximate surface area is 319 Å². The highest BCUT2D eigenvalue weighted by atomic mass is 32.1. The molecule has 3 nitrogen and oxygen atoms in total. The molecule has 0 N–H and O–H groups in total. The SMILES string of the molecule is c1cc(-c2ccc(-c3ccc4ccccc4c3)cc2)cc(-c2nc(-c3cccc4sc5ccccc5c34)nc(-c3cccc4sc5ccccc5c34)n2)c1. The summed E-state index contributed by atoms with van der Waals surface area (Å²) in [6, 6.07) is 62.7. The monoisotopic (exact) mass is 723 g/mol. The number of nitrogens with zero attached hydrogens (tertiary/aromatic N) is 3. The Kier molecular flexibility index (Phi) is 7.22. The fourth-order valence-electron chi connectivity index (χ4n) is 7.73. The average Bonchev–Trinajstić information content (AvgIpc) is 3.82. The summed E-state index contributed by atoms with van der Waals surface area (Å²) < 4.78 is 4.95. The van der Waals surface area contributed by atoms with Crippen molar-refractivity contribution in [2.45, 2.75) is 0 Å². The zero-order valence-corrected chi connectivity index (χ0v) is 30.5. The molecule has 5 heteroatoms. The topological polar surface area (TPSA) is 38.7 Å². The lowest BCUT2D eigenvalue weighted by Crippen LogP contribution is -2.01. The highest BCUT2D eigenvalue weighted by Gasteiger charge is 2.19. The maximum atomic E-state index is 5.30. The molecule has 11 rings (SSSR count). The van der Waals surface area contributed by atoms with Crippen LogP contribution in [0.4, 0.5) is 0 Å². The minimum Gasteiger partial charge on any atom is -0.208 e. The largest absolute Gasteiger partial charge is 0.208 e. The van der Waals surface area contributed by atoms with Gasteiger partial charge in [0.05, 0.1) is 0 Å². The van der Waals surface area contributed by atoms with Gasteiger partial charge in [0.1, 0.15) is 0 Å². The quantitative estimate of drug-likeness (QED) is 0.177. The summed E-state index contributed by atoms with van der Waals surface area (Å²) in [5.74, 6) is 1.99. The molecule has 252 valence electrons. The summed E-state index contributed by atoms with van der Waals surface area (Å²) >= 11 is 3.61. The smallest absolute Gasteiger partial charge is 0.164 e. The molecule has 0 aliphatic rings. The Balaban J connectivity index is 1.07. The van der Waals surface area contributed by atoms with Crippen LogP contribution in [0.5, 0.6) is 0 Å². The second kappa shape index (κ2) is 12.6. The Morgan fingerprint density at radius 2 is 0.759 bits per heavy atom. The predicted molar refractivity (Wildman–Crippen MR) is 230 cm³/mol. The van der Waals surface area contributed by atoms with Gasteiger partial charge >= 0.3 is 0 Å². The van der Waals surface area contributed by atoms with Crippen LogP contribution in [-0.4, -0.2) is 15.0 Å². The van der Waals surface area contributed by atoms with Gasteiger partial charge < -0.3 is 0 Å². The van der Waals surface area contributed by atoms with Gasteiger partial charge in [-0.3, -0.25) is 0 Å². The number of hydrogen-bond donors (Lipinski definition) is 0. The van der Waals surface area contributed by atoms with Crippen LogP contribution in [0.2, 0.25) is 0 Å². The molecule has 11 aromatic rings. The molecule has 54 heavy (non-hydrogen) atoms. The fourth-order valence-corrected chi connectivity index (χ4v) is 9.99. The first-order valence-electron chi connectivity index (χ1n) is 18.0. The standard InChI is InChI=1S/C49H29N3S2/c1-2-11-33-28-35(27-26-30(33)10-1)32-24-22-31(23-25-32)34-12-7-13-36(29-34)47-50-48(39-16-8-20-43-45(39)37-14-3-5-18-41(37)53-43)52-49(51-47)40-17-9-21-44-46(40)38-15-4-6-19-42(38)54-44/h1-29H. The molecule has 0 amide bonds. The second-order valence-electron chi connectivity index (χ2n) is 13.6. The molecular weight excluding hydrogens is 695 g/mol. The normalized spacial score (nSPS) is 11.7. The van der Waals surface area contributed by atoms with E-state index in [1.54, 1.807) is 22.7 Å².